The molecule has 2 fully saturated rings. The van der Waals surface area contributed by atoms with Gasteiger partial charge < -0.3 is 9.64 Å². The molecule has 32 heavy (non-hydrogen) atoms. The third kappa shape index (κ3) is 7.16. The summed E-state index contributed by atoms with van der Waals surface area (Å²) in [7, 11) is -3.53. The van der Waals surface area contributed by atoms with Crippen molar-refractivity contribution in [1.29, 1.82) is 0 Å². The molecule has 1 aromatic rings. The second-order valence-corrected chi connectivity index (χ2v) is 10.5. The lowest BCUT2D eigenvalue weighted by Gasteiger charge is -2.17. The maximum atomic E-state index is 14.1. The van der Waals surface area contributed by atoms with Crippen LogP contribution >= 0.6 is 0 Å². The highest BCUT2D eigenvalue weighted by Crippen LogP contribution is 2.28. The average Bonchev–Trinajstić information content (AvgIpc) is 3.35. The molecule has 2 N–H and O–H groups in total. The average molecular weight is 470 g/mol. The van der Waals surface area contributed by atoms with E-state index in [0.29, 0.717) is 43.9 Å². The second kappa shape index (κ2) is 11.1. The molecule has 178 valence electrons. The summed E-state index contributed by atoms with van der Waals surface area (Å²) < 4.78 is 47.3. The Morgan fingerprint density at radius 2 is 1.97 bits per heavy atom. The van der Waals surface area contributed by atoms with Crippen molar-refractivity contribution in [3.63, 3.8) is 0 Å². The van der Waals surface area contributed by atoms with Gasteiger partial charge in [-0.15, -0.1) is 0 Å². The van der Waals surface area contributed by atoms with Crippen LogP contribution in [0.3, 0.4) is 0 Å². The molecule has 3 rings (SSSR count). The van der Waals surface area contributed by atoms with Crippen LogP contribution in [0.5, 0.6) is 5.75 Å². The minimum atomic E-state index is -3.53. The van der Waals surface area contributed by atoms with E-state index in [1.165, 1.54) is 23.8 Å². The first kappa shape index (κ1) is 24.4. The van der Waals surface area contributed by atoms with Crippen molar-refractivity contribution < 1.29 is 27.1 Å². The van der Waals surface area contributed by atoms with Crippen molar-refractivity contribution in [2.24, 2.45) is 5.92 Å². The molecule has 0 unspecified atom stereocenters. The van der Waals surface area contributed by atoms with E-state index in [9.17, 15) is 22.4 Å². The summed E-state index contributed by atoms with van der Waals surface area (Å²) in [4.78, 5) is 24.0. The summed E-state index contributed by atoms with van der Waals surface area (Å²) >= 11 is 0. The first-order valence-electron chi connectivity index (χ1n) is 11.2. The molecule has 1 saturated carbocycles. The maximum Gasteiger partial charge on any atom is 0.324 e. The van der Waals surface area contributed by atoms with Crippen LogP contribution in [0.4, 0.5) is 9.18 Å². The number of ether oxygens (including phenoxy) is 1. The fraction of sp³-hybridized carbons (Fsp3) is 0.636. The fourth-order valence-corrected chi connectivity index (χ4v) is 5.49. The van der Waals surface area contributed by atoms with E-state index in [4.69, 9.17) is 4.74 Å². The van der Waals surface area contributed by atoms with Gasteiger partial charge in [0.05, 0.1) is 12.4 Å². The van der Waals surface area contributed by atoms with Crippen molar-refractivity contribution in [2.75, 3.05) is 25.4 Å². The highest BCUT2D eigenvalue weighted by Gasteiger charge is 2.26. The minimum absolute atomic E-state index is 0.0469. The number of nitrogens with zero attached hydrogens (tertiary/aromatic N) is 1. The maximum absolute atomic E-state index is 14.1. The van der Waals surface area contributed by atoms with Gasteiger partial charge in [0.15, 0.2) is 11.6 Å². The molecule has 0 aromatic heterocycles. The van der Waals surface area contributed by atoms with E-state index in [-0.39, 0.29) is 24.0 Å². The summed E-state index contributed by atoms with van der Waals surface area (Å²) in [5.74, 6) is -0.202. The number of imide groups is 1. The Morgan fingerprint density at radius 1 is 1.22 bits per heavy atom. The number of halogens is 1. The van der Waals surface area contributed by atoms with E-state index in [2.05, 4.69) is 10.0 Å². The van der Waals surface area contributed by atoms with Gasteiger partial charge in [-0.25, -0.2) is 22.3 Å². The molecule has 0 spiro atoms. The zero-order valence-electron chi connectivity index (χ0n) is 18.4. The van der Waals surface area contributed by atoms with Crippen LogP contribution in [-0.2, 0) is 14.8 Å². The van der Waals surface area contributed by atoms with Gasteiger partial charge in [0.1, 0.15) is 6.54 Å². The standard InChI is InChI=1S/C22H32FN3O5S/c1-16(18-9-10-19(23)20(13-18)31-15-17-7-3-4-8-17)25-32(29,30)12-6-2-5-11-26-14-21(27)24-22(26)28/h9-10,13,16-17,25H,2-8,11-12,14-15H2,1H3,(H,24,27,28)/t16-/m1/s1. The van der Waals surface area contributed by atoms with Gasteiger partial charge in [-0.2, -0.15) is 0 Å². The molecule has 1 aliphatic heterocycles. The number of sulfonamides is 1. The van der Waals surface area contributed by atoms with Crippen LogP contribution in [-0.4, -0.2) is 50.7 Å². The first-order chi connectivity index (χ1) is 15.2. The predicted octanol–water partition coefficient (Wildman–Crippen LogP) is 3.10. The Labute approximate surface area is 188 Å². The molecule has 3 amide bonds. The van der Waals surface area contributed by atoms with E-state index >= 15 is 0 Å². The van der Waals surface area contributed by atoms with Gasteiger partial charge in [0.2, 0.25) is 15.9 Å². The van der Waals surface area contributed by atoms with E-state index < -0.39 is 27.9 Å². The summed E-state index contributed by atoms with van der Waals surface area (Å²) in [6.07, 6.45) is 6.23. The fourth-order valence-electron chi connectivity index (χ4n) is 4.12. The zero-order valence-corrected chi connectivity index (χ0v) is 19.3. The lowest BCUT2D eigenvalue weighted by atomic mass is 10.1. The van der Waals surface area contributed by atoms with E-state index in [1.807, 2.05) is 0 Å². The molecular formula is C22H32FN3O5S. The number of hydrogen-bond donors (Lipinski definition) is 2. The van der Waals surface area contributed by atoms with Crippen molar-refractivity contribution in [3.05, 3.63) is 29.6 Å². The molecule has 1 aliphatic carbocycles. The summed E-state index contributed by atoms with van der Waals surface area (Å²) in [6, 6.07) is 3.52. The molecule has 8 nitrogen and oxygen atoms in total. The Balaban J connectivity index is 1.43. The number of unbranched alkanes of at least 4 members (excludes halogenated alkanes) is 2. The Kier molecular flexibility index (Phi) is 8.47. The minimum Gasteiger partial charge on any atom is -0.490 e. The van der Waals surface area contributed by atoms with Gasteiger partial charge in [-0.3, -0.25) is 10.1 Å². The molecule has 10 heteroatoms. The highest BCUT2D eigenvalue weighted by molar-refractivity contribution is 7.89. The molecule has 2 aliphatic rings. The molecule has 1 atom stereocenters. The second-order valence-electron chi connectivity index (χ2n) is 8.65. The largest absolute Gasteiger partial charge is 0.490 e. The third-order valence-electron chi connectivity index (χ3n) is 5.97. The molecule has 0 bridgehead atoms. The van der Waals surface area contributed by atoms with Crippen LogP contribution in [0.1, 0.15) is 63.5 Å². The van der Waals surface area contributed by atoms with Crippen molar-refractivity contribution >= 4 is 22.0 Å². The van der Waals surface area contributed by atoms with Gasteiger partial charge in [-0.05, 0) is 56.2 Å². The molecule has 1 heterocycles. The smallest absolute Gasteiger partial charge is 0.324 e. The van der Waals surface area contributed by atoms with E-state index in [0.717, 1.165) is 12.8 Å². The van der Waals surface area contributed by atoms with Crippen LogP contribution in [0.15, 0.2) is 18.2 Å². The Morgan fingerprint density at radius 3 is 2.66 bits per heavy atom. The number of urea groups is 1. The zero-order chi connectivity index (χ0) is 23.1. The SMILES string of the molecule is C[C@@H](NS(=O)(=O)CCCCCN1CC(=O)NC1=O)c1ccc(F)c(OCC2CCCC2)c1. The number of nitrogens with one attached hydrogen (secondary N) is 2. The lowest BCUT2D eigenvalue weighted by molar-refractivity contribution is -0.118. The predicted molar refractivity (Wildman–Crippen MR) is 118 cm³/mol. The number of carbonyl (C=O) groups excluding carboxylic acids is 2. The normalized spacial score (nSPS) is 18.2. The molecule has 1 aromatic carbocycles. The summed E-state index contributed by atoms with van der Waals surface area (Å²) in [5, 5.41) is 2.21. The van der Waals surface area contributed by atoms with Crippen LogP contribution < -0.4 is 14.8 Å². The van der Waals surface area contributed by atoms with Gasteiger partial charge >= 0.3 is 6.03 Å². The number of hydrogen-bond acceptors (Lipinski definition) is 5. The summed E-state index contributed by atoms with van der Waals surface area (Å²) in [5.41, 5.74) is 0.640. The number of carbonyl (C=O) groups is 2. The topological polar surface area (TPSA) is 105 Å². The van der Waals surface area contributed by atoms with Crippen molar-refractivity contribution in [2.45, 2.75) is 57.9 Å². The molecular weight excluding hydrogens is 437 g/mol. The third-order valence-corrected chi connectivity index (χ3v) is 7.51. The quantitative estimate of drug-likeness (QED) is 0.362. The van der Waals surface area contributed by atoms with Gasteiger partial charge in [-0.1, -0.05) is 25.3 Å². The first-order valence-corrected chi connectivity index (χ1v) is 12.9. The van der Waals surface area contributed by atoms with Crippen LogP contribution in [0.2, 0.25) is 0 Å². The number of rotatable bonds is 12. The van der Waals surface area contributed by atoms with Gasteiger partial charge in [0.25, 0.3) is 0 Å². The monoisotopic (exact) mass is 469 g/mol. The van der Waals surface area contributed by atoms with Crippen molar-refractivity contribution in [3.8, 4) is 5.75 Å². The molecule has 0 radical (unpaired) electrons. The molecule has 1 saturated heterocycles. The highest BCUT2D eigenvalue weighted by atomic mass is 32.2. The van der Waals surface area contributed by atoms with Crippen LogP contribution in [0, 0.1) is 11.7 Å². The van der Waals surface area contributed by atoms with Crippen LogP contribution in [0.25, 0.3) is 0 Å². The van der Waals surface area contributed by atoms with Gasteiger partial charge in [0, 0.05) is 12.6 Å². The van der Waals surface area contributed by atoms with E-state index in [1.54, 1.807) is 19.1 Å². The van der Waals surface area contributed by atoms with Crippen molar-refractivity contribution in [1.82, 2.24) is 14.9 Å². The summed E-state index contributed by atoms with van der Waals surface area (Å²) in [6.45, 7) is 2.67. The lowest BCUT2D eigenvalue weighted by Crippen LogP contribution is -2.30. The number of benzene rings is 1. The Bertz CT molecular complexity index is 918. The Hall–Kier alpha value is -2.20. The number of amides is 3.